The number of nitrogens with zero attached hydrogens (tertiary/aromatic N) is 1. The molecule has 1 N–H and O–H groups in total. The van der Waals surface area contributed by atoms with Crippen LogP contribution in [-0.4, -0.2) is 42.3 Å². The smallest absolute Gasteiger partial charge is 0.241 e. The number of rotatable bonds is 7. The van der Waals surface area contributed by atoms with Crippen molar-refractivity contribution in [3.05, 3.63) is 60.2 Å². The summed E-state index contributed by atoms with van der Waals surface area (Å²) in [5.74, 6) is 1.23. The highest BCUT2D eigenvalue weighted by Crippen LogP contribution is 2.21. The van der Waals surface area contributed by atoms with Crippen molar-refractivity contribution in [1.29, 1.82) is 0 Å². The van der Waals surface area contributed by atoms with E-state index in [-0.39, 0.29) is 17.7 Å². The van der Waals surface area contributed by atoms with Crippen molar-refractivity contribution in [2.75, 3.05) is 25.0 Å². The number of amides is 1. The first kappa shape index (κ1) is 20.1. The number of benzene rings is 2. The third-order valence-electron chi connectivity index (χ3n) is 5.24. The van der Waals surface area contributed by atoms with Gasteiger partial charge in [-0.1, -0.05) is 30.3 Å². The number of piperidine rings is 1. The Balaban J connectivity index is 1.54. The molecular weight excluding hydrogens is 352 g/mol. The number of nitrogens with one attached hydrogen (secondary N) is 1. The fourth-order valence-electron chi connectivity index (χ4n) is 3.54. The van der Waals surface area contributed by atoms with Gasteiger partial charge in [0.2, 0.25) is 5.91 Å². The maximum atomic E-state index is 12.7. The summed E-state index contributed by atoms with van der Waals surface area (Å²) in [7, 11) is 0. The van der Waals surface area contributed by atoms with Gasteiger partial charge in [-0.15, -0.1) is 0 Å². The summed E-state index contributed by atoms with van der Waals surface area (Å²) in [5, 5.41) is 2.94. The van der Waals surface area contributed by atoms with E-state index >= 15 is 0 Å². The highest BCUT2D eigenvalue weighted by atomic mass is 16.5. The van der Waals surface area contributed by atoms with Gasteiger partial charge in [0, 0.05) is 23.7 Å². The van der Waals surface area contributed by atoms with Crippen LogP contribution in [0.5, 0.6) is 5.75 Å². The van der Waals surface area contributed by atoms with Gasteiger partial charge < -0.3 is 10.1 Å². The van der Waals surface area contributed by atoms with Crippen molar-refractivity contribution in [2.45, 2.75) is 32.7 Å². The number of hydrogen-bond donors (Lipinski definition) is 1. The maximum Gasteiger partial charge on any atom is 0.241 e. The zero-order chi connectivity index (χ0) is 19.9. The lowest BCUT2D eigenvalue weighted by Gasteiger charge is -2.36. The summed E-state index contributed by atoms with van der Waals surface area (Å²) in [5.41, 5.74) is 1.26. The molecule has 1 amide bonds. The van der Waals surface area contributed by atoms with Gasteiger partial charge in [-0.3, -0.25) is 14.5 Å². The lowest BCUT2D eigenvalue weighted by Crippen LogP contribution is -2.48. The van der Waals surface area contributed by atoms with Crippen molar-refractivity contribution < 1.29 is 14.3 Å². The lowest BCUT2D eigenvalue weighted by molar-refractivity contribution is -0.121. The minimum absolute atomic E-state index is 0.0126. The first-order valence-corrected chi connectivity index (χ1v) is 9.86. The molecule has 0 aromatic heterocycles. The number of hydrogen-bond acceptors (Lipinski definition) is 4. The monoisotopic (exact) mass is 380 g/mol. The van der Waals surface area contributed by atoms with E-state index in [1.54, 1.807) is 18.2 Å². The number of para-hydroxylation sites is 1. The van der Waals surface area contributed by atoms with Crippen LogP contribution in [0.4, 0.5) is 5.69 Å². The number of ether oxygens (including phenoxy) is 1. The first-order valence-electron chi connectivity index (χ1n) is 9.86. The maximum absolute atomic E-state index is 12.7. The summed E-state index contributed by atoms with van der Waals surface area (Å²) in [6, 6.07) is 16.7. The fourth-order valence-corrected chi connectivity index (χ4v) is 3.54. The van der Waals surface area contributed by atoms with Crippen LogP contribution in [0, 0.1) is 5.92 Å². The van der Waals surface area contributed by atoms with Crippen LogP contribution in [0.25, 0.3) is 0 Å². The van der Waals surface area contributed by atoms with Gasteiger partial charge in [0.15, 0.2) is 5.78 Å². The predicted octanol–water partition coefficient (Wildman–Crippen LogP) is 4.01. The van der Waals surface area contributed by atoms with Crippen molar-refractivity contribution in [2.24, 2.45) is 5.92 Å². The van der Waals surface area contributed by atoms with E-state index in [0.717, 1.165) is 31.7 Å². The van der Waals surface area contributed by atoms with Gasteiger partial charge in [0.05, 0.1) is 12.6 Å². The van der Waals surface area contributed by atoms with Gasteiger partial charge in [0.25, 0.3) is 0 Å². The van der Waals surface area contributed by atoms with Crippen LogP contribution in [-0.2, 0) is 4.79 Å². The molecule has 0 aliphatic carbocycles. The van der Waals surface area contributed by atoms with Crippen molar-refractivity contribution in [3.63, 3.8) is 0 Å². The van der Waals surface area contributed by atoms with Gasteiger partial charge >= 0.3 is 0 Å². The van der Waals surface area contributed by atoms with Crippen molar-refractivity contribution in [1.82, 2.24) is 4.90 Å². The minimum atomic E-state index is -0.236. The van der Waals surface area contributed by atoms with Crippen LogP contribution in [0.1, 0.15) is 37.0 Å². The average molecular weight is 380 g/mol. The topological polar surface area (TPSA) is 58.6 Å². The third-order valence-corrected chi connectivity index (χ3v) is 5.24. The molecule has 28 heavy (non-hydrogen) atoms. The van der Waals surface area contributed by atoms with Gasteiger partial charge in [0.1, 0.15) is 5.75 Å². The first-order chi connectivity index (χ1) is 13.5. The SMILES string of the molecule is CC(=O)c1cccc(NC(=O)C(C)N2CCCC(COc3ccccc3)C2)c1. The van der Waals surface area contributed by atoms with Gasteiger partial charge in [-0.2, -0.15) is 0 Å². The van der Waals surface area contributed by atoms with Crippen LogP contribution in [0.3, 0.4) is 0 Å². The van der Waals surface area contributed by atoms with E-state index in [2.05, 4.69) is 10.2 Å². The second-order valence-electron chi connectivity index (χ2n) is 7.43. The number of anilines is 1. The Hall–Kier alpha value is -2.66. The zero-order valence-electron chi connectivity index (χ0n) is 16.6. The molecule has 148 valence electrons. The molecule has 2 unspecified atom stereocenters. The summed E-state index contributed by atoms with van der Waals surface area (Å²) in [6.45, 7) is 5.87. The van der Waals surface area contributed by atoms with E-state index < -0.39 is 0 Å². The fraction of sp³-hybridized carbons (Fsp3) is 0.391. The molecular formula is C23H28N2O3. The molecule has 2 atom stereocenters. The third kappa shape index (κ3) is 5.42. The van der Waals surface area contributed by atoms with Gasteiger partial charge in [-0.05, 0) is 57.5 Å². The second kappa shape index (κ2) is 9.51. The van der Waals surface area contributed by atoms with Crippen LogP contribution < -0.4 is 10.1 Å². The number of likely N-dealkylation sites (tertiary alicyclic amines) is 1. The zero-order valence-corrected chi connectivity index (χ0v) is 16.6. The quantitative estimate of drug-likeness (QED) is 0.738. The number of carbonyl (C=O) groups excluding carboxylic acids is 2. The van der Waals surface area contributed by atoms with E-state index in [4.69, 9.17) is 4.74 Å². The minimum Gasteiger partial charge on any atom is -0.493 e. The molecule has 1 saturated heterocycles. The molecule has 2 aromatic rings. The standard InChI is InChI=1S/C23H28N2O3/c1-17(23(27)24-21-10-6-9-20(14-21)18(2)26)25-13-7-8-19(15-25)16-28-22-11-4-3-5-12-22/h3-6,9-12,14,17,19H,7-8,13,15-16H2,1-2H3,(H,24,27). The van der Waals surface area contributed by atoms with Crippen molar-refractivity contribution in [3.8, 4) is 5.75 Å². The molecule has 0 saturated carbocycles. The van der Waals surface area contributed by atoms with E-state index in [1.165, 1.54) is 6.92 Å². The highest BCUT2D eigenvalue weighted by molar-refractivity contribution is 5.98. The van der Waals surface area contributed by atoms with E-state index in [1.807, 2.05) is 43.3 Å². The molecule has 3 rings (SSSR count). The highest BCUT2D eigenvalue weighted by Gasteiger charge is 2.27. The Bertz CT molecular complexity index is 807. The lowest BCUT2D eigenvalue weighted by atomic mass is 9.97. The Morgan fingerprint density at radius 3 is 2.71 bits per heavy atom. The Morgan fingerprint density at radius 2 is 1.96 bits per heavy atom. The van der Waals surface area contributed by atoms with Gasteiger partial charge in [-0.25, -0.2) is 0 Å². The number of carbonyl (C=O) groups is 2. The van der Waals surface area contributed by atoms with Crippen molar-refractivity contribution >= 4 is 17.4 Å². The Kier molecular flexibility index (Phi) is 6.82. The molecule has 1 aliphatic rings. The molecule has 1 aliphatic heterocycles. The summed E-state index contributed by atoms with van der Waals surface area (Å²) in [6.07, 6.45) is 2.17. The summed E-state index contributed by atoms with van der Waals surface area (Å²) >= 11 is 0. The van der Waals surface area contributed by atoms with E-state index in [9.17, 15) is 9.59 Å². The molecule has 0 spiro atoms. The molecule has 0 bridgehead atoms. The Morgan fingerprint density at radius 1 is 1.18 bits per heavy atom. The van der Waals surface area contributed by atoms with Crippen LogP contribution in [0.2, 0.25) is 0 Å². The largest absolute Gasteiger partial charge is 0.493 e. The molecule has 5 heteroatoms. The van der Waals surface area contributed by atoms with Crippen LogP contribution in [0.15, 0.2) is 54.6 Å². The molecule has 5 nitrogen and oxygen atoms in total. The predicted molar refractivity (Wildman–Crippen MR) is 111 cm³/mol. The van der Waals surface area contributed by atoms with Crippen LogP contribution >= 0.6 is 0 Å². The summed E-state index contributed by atoms with van der Waals surface area (Å²) in [4.78, 5) is 26.5. The molecule has 2 aromatic carbocycles. The molecule has 1 fully saturated rings. The molecule has 0 radical (unpaired) electrons. The number of ketones is 1. The Labute approximate surface area is 166 Å². The average Bonchev–Trinajstić information content (AvgIpc) is 2.73. The molecule has 1 heterocycles. The number of Topliss-reactive ketones (excluding diaryl/α,β-unsaturated/α-hetero) is 1. The second-order valence-corrected chi connectivity index (χ2v) is 7.43. The summed E-state index contributed by atoms with van der Waals surface area (Å²) < 4.78 is 5.91. The van der Waals surface area contributed by atoms with E-state index in [0.29, 0.717) is 23.8 Å². The normalized spacial score (nSPS) is 18.3.